The Morgan fingerprint density at radius 1 is 1.50 bits per heavy atom. The van der Waals surface area contributed by atoms with Crippen LogP contribution in [0.15, 0.2) is 6.20 Å². The highest BCUT2D eigenvalue weighted by atomic mass is 16.2. The Morgan fingerprint density at radius 2 is 2.25 bits per heavy atom. The second-order valence-electron chi connectivity index (χ2n) is 5.07. The molecule has 2 heterocycles. The van der Waals surface area contributed by atoms with Crippen LogP contribution in [0.4, 0.5) is 10.5 Å². The molecule has 0 radical (unpaired) electrons. The summed E-state index contributed by atoms with van der Waals surface area (Å²) in [5.41, 5.74) is 1.59. The van der Waals surface area contributed by atoms with E-state index >= 15 is 0 Å². The minimum atomic E-state index is -0.247. The second kappa shape index (κ2) is 5.94. The zero-order valence-electron chi connectivity index (χ0n) is 12.1. The monoisotopic (exact) mass is 279 g/mol. The predicted octanol–water partition coefficient (Wildman–Crippen LogP) is 0.725. The van der Waals surface area contributed by atoms with Crippen molar-refractivity contribution in [3.8, 4) is 0 Å². The number of likely N-dealkylation sites (tertiary alicyclic amines) is 1. The van der Waals surface area contributed by atoms with Gasteiger partial charge in [-0.15, -0.1) is 0 Å². The van der Waals surface area contributed by atoms with E-state index in [1.807, 2.05) is 14.0 Å². The van der Waals surface area contributed by atoms with Crippen molar-refractivity contribution >= 4 is 17.6 Å². The molecule has 0 aliphatic carbocycles. The molecular weight excluding hydrogens is 258 g/mol. The van der Waals surface area contributed by atoms with Crippen LogP contribution >= 0.6 is 0 Å². The second-order valence-corrected chi connectivity index (χ2v) is 5.07. The lowest BCUT2D eigenvalue weighted by molar-refractivity contribution is -0.127. The van der Waals surface area contributed by atoms with E-state index in [-0.39, 0.29) is 18.0 Å². The molecular formula is C13H21N5O2. The van der Waals surface area contributed by atoms with Crippen molar-refractivity contribution in [1.29, 1.82) is 0 Å². The van der Waals surface area contributed by atoms with Crippen molar-refractivity contribution in [2.45, 2.75) is 32.7 Å². The van der Waals surface area contributed by atoms with Crippen LogP contribution in [0, 0.1) is 0 Å². The van der Waals surface area contributed by atoms with E-state index < -0.39 is 0 Å². The maximum atomic E-state index is 12.0. The van der Waals surface area contributed by atoms with Gasteiger partial charge in [0, 0.05) is 39.3 Å². The van der Waals surface area contributed by atoms with Crippen LogP contribution in [0.5, 0.6) is 0 Å². The molecule has 1 fully saturated rings. The molecule has 1 atom stereocenters. The summed E-state index contributed by atoms with van der Waals surface area (Å²) < 4.78 is 1.68. The van der Waals surface area contributed by atoms with Crippen LogP contribution in [0.1, 0.15) is 26.0 Å². The predicted molar refractivity (Wildman–Crippen MR) is 75.4 cm³/mol. The molecule has 0 spiro atoms. The van der Waals surface area contributed by atoms with Crippen LogP contribution in [0.2, 0.25) is 0 Å². The van der Waals surface area contributed by atoms with Gasteiger partial charge in [-0.05, 0) is 12.8 Å². The molecule has 2 N–H and O–H groups in total. The highest BCUT2D eigenvalue weighted by molar-refractivity contribution is 5.90. The molecule has 110 valence electrons. The molecule has 1 aliphatic rings. The minimum Gasteiger partial charge on any atom is -0.341 e. The van der Waals surface area contributed by atoms with E-state index in [4.69, 9.17) is 0 Å². The summed E-state index contributed by atoms with van der Waals surface area (Å²) in [5, 5.41) is 9.98. The van der Waals surface area contributed by atoms with Crippen molar-refractivity contribution < 1.29 is 9.59 Å². The van der Waals surface area contributed by atoms with E-state index in [1.165, 1.54) is 0 Å². The number of carbonyl (C=O) groups is 2. The SMILES string of the molecule is CCc1nn(C)cc1NC(=O)NC1CCN(C(C)=O)C1. The summed E-state index contributed by atoms with van der Waals surface area (Å²) >= 11 is 0. The quantitative estimate of drug-likeness (QED) is 0.856. The zero-order chi connectivity index (χ0) is 14.7. The summed E-state index contributed by atoms with van der Waals surface area (Å²) in [5.74, 6) is 0.0511. The van der Waals surface area contributed by atoms with Gasteiger partial charge in [0.15, 0.2) is 0 Å². The molecule has 1 aromatic rings. The van der Waals surface area contributed by atoms with E-state index in [1.54, 1.807) is 22.7 Å². The first-order chi connectivity index (χ1) is 9.49. The fourth-order valence-electron chi connectivity index (χ4n) is 2.41. The van der Waals surface area contributed by atoms with E-state index in [0.29, 0.717) is 13.1 Å². The number of urea groups is 1. The normalized spacial score (nSPS) is 18.1. The highest BCUT2D eigenvalue weighted by Crippen LogP contribution is 2.14. The van der Waals surface area contributed by atoms with Gasteiger partial charge in [0.2, 0.25) is 5.91 Å². The molecule has 1 aliphatic heterocycles. The van der Waals surface area contributed by atoms with Crippen molar-refractivity contribution in [3.05, 3.63) is 11.9 Å². The van der Waals surface area contributed by atoms with Gasteiger partial charge in [-0.2, -0.15) is 5.10 Å². The van der Waals surface area contributed by atoms with Crippen molar-refractivity contribution in [2.24, 2.45) is 7.05 Å². The summed E-state index contributed by atoms with van der Waals surface area (Å²) in [6.45, 7) is 4.82. The first kappa shape index (κ1) is 14.4. The van der Waals surface area contributed by atoms with Gasteiger partial charge in [-0.3, -0.25) is 9.48 Å². The molecule has 7 nitrogen and oxygen atoms in total. The molecule has 3 amide bonds. The number of nitrogens with one attached hydrogen (secondary N) is 2. The standard InChI is InChI=1S/C13H21N5O2/c1-4-11-12(8-17(3)16-11)15-13(20)14-10-5-6-18(7-10)9(2)19/h8,10H,4-7H2,1-3H3,(H2,14,15,20). The lowest BCUT2D eigenvalue weighted by Crippen LogP contribution is -2.40. The third kappa shape index (κ3) is 3.28. The van der Waals surface area contributed by atoms with Gasteiger partial charge < -0.3 is 15.5 Å². The van der Waals surface area contributed by atoms with Crippen LogP contribution < -0.4 is 10.6 Å². The Balaban J connectivity index is 1.88. The third-order valence-electron chi connectivity index (χ3n) is 3.46. The van der Waals surface area contributed by atoms with E-state index in [9.17, 15) is 9.59 Å². The first-order valence-electron chi connectivity index (χ1n) is 6.85. The fraction of sp³-hybridized carbons (Fsp3) is 0.615. The van der Waals surface area contributed by atoms with Crippen LogP contribution in [-0.2, 0) is 18.3 Å². The molecule has 1 unspecified atom stereocenters. The maximum absolute atomic E-state index is 12.0. The smallest absolute Gasteiger partial charge is 0.319 e. The average Bonchev–Trinajstić information content (AvgIpc) is 2.96. The number of aryl methyl sites for hydroxylation is 2. The van der Waals surface area contributed by atoms with Crippen LogP contribution in [0.3, 0.4) is 0 Å². The summed E-state index contributed by atoms with van der Waals surface area (Å²) in [4.78, 5) is 24.9. The molecule has 2 rings (SSSR count). The molecule has 1 saturated heterocycles. The van der Waals surface area contributed by atoms with Crippen LogP contribution in [0.25, 0.3) is 0 Å². The fourth-order valence-corrected chi connectivity index (χ4v) is 2.41. The molecule has 0 bridgehead atoms. The average molecular weight is 279 g/mol. The maximum Gasteiger partial charge on any atom is 0.319 e. The highest BCUT2D eigenvalue weighted by Gasteiger charge is 2.25. The van der Waals surface area contributed by atoms with Crippen molar-refractivity contribution in [2.75, 3.05) is 18.4 Å². The number of aromatic nitrogens is 2. The number of hydrogen-bond acceptors (Lipinski definition) is 3. The Kier molecular flexibility index (Phi) is 4.26. The van der Waals surface area contributed by atoms with Gasteiger partial charge in [0.25, 0.3) is 0 Å². The molecule has 1 aromatic heterocycles. The largest absolute Gasteiger partial charge is 0.341 e. The minimum absolute atomic E-state index is 0.0145. The molecule has 20 heavy (non-hydrogen) atoms. The lowest BCUT2D eigenvalue weighted by Gasteiger charge is -2.15. The summed E-state index contributed by atoms with van der Waals surface area (Å²) in [6, 6.07) is -0.233. The number of hydrogen-bond donors (Lipinski definition) is 2. The van der Waals surface area contributed by atoms with E-state index in [0.717, 1.165) is 24.2 Å². The van der Waals surface area contributed by atoms with Crippen LogP contribution in [-0.4, -0.2) is 45.8 Å². The lowest BCUT2D eigenvalue weighted by atomic mass is 10.2. The number of carbonyl (C=O) groups excluding carboxylic acids is 2. The van der Waals surface area contributed by atoms with Gasteiger partial charge in [-0.25, -0.2) is 4.79 Å². The van der Waals surface area contributed by atoms with Gasteiger partial charge >= 0.3 is 6.03 Å². The number of rotatable bonds is 3. The Bertz CT molecular complexity index is 511. The summed E-state index contributed by atoms with van der Waals surface area (Å²) in [6.07, 6.45) is 3.34. The Hall–Kier alpha value is -2.05. The topological polar surface area (TPSA) is 79.3 Å². The van der Waals surface area contributed by atoms with Crippen molar-refractivity contribution in [1.82, 2.24) is 20.0 Å². The van der Waals surface area contributed by atoms with E-state index in [2.05, 4.69) is 15.7 Å². The van der Waals surface area contributed by atoms with Gasteiger partial charge in [-0.1, -0.05) is 6.92 Å². The third-order valence-corrected chi connectivity index (χ3v) is 3.46. The first-order valence-corrected chi connectivity index (χ1v) is 6.85. The Morgan fingerprint density at radius 3 is 2.85 bits per heavy atom. The zero-order valence-corrected chi connectivity index (χ0v) is 12.1. The number of nitrogens with zero attached hydrogens (tertiary/aromatic N) is 3. The molecule has 0 aromatic carbocycles. The Labute approximate surface area is 118 Å². The molecule has 7 heteroatoms. The molecule has 0 saturated carbocycles. The van der Waals surface area contributed by atoms with Gasteiger partial charge in [0.1, 0.15) is 0 Å². The number of anilines is 1. The summed E-state index contributed by atoms with van der Waals surface area (Å²) in [7, 11) is 1.82. The number of amides is 3. The van der Waals surface area contributed by atoms with Crippen molar-refractivity contribution in [3.63, 3.8) is 0 Å². The van der Waals surface area contributed by atoms with Gasteiger partial charge in [0.05, 0.1) is 11.4 Å².